The van der Waals surface area contributed by atoms with Gasteiger partial charge in [-0.3, -0.25) is 14.2 Å². The number of hydrogen-bond acceptors (Lipinski definition) is 5. The van der Waals surface area contributed by atoms with Crippen molar-refractivity contribution in [2.75, 3.05) is 5.32 Å². The van der Waals surface area contributed by atoms with Gasteiger partial charge < -0.3 is 10.4 Å². The van der Waals surface area contributed by atoms with Crippen LogP contribution in [-0.4, -0.2) is 26.5 Å². The molecule has 2 heterocycles. The maximum absolute atomic E-state index is 13.3. The van der Waals surface area contributed by atoms with E-state index in [0.29, 0.717) is 26.5 Å². The number of benzene rings is 2. The highest BCUT2D eigenvalue weighted by atomic mass is 32.1. The van der Waals surface area contributed by atoms with Crippen LogP contribution in [0, 0.1) is 20.8 Å². The number of carboxylic acids is 1. The molecule has 1 atom stereocenters. The number of fused-ring (bicyclic) bond motifs is 1. The predicted molar refractivity (Wildman–Crippen MR) is 125 cm³/mol. The number of aromatic nitrogens is 2. The van der Waals surface area contributed by atoms with E-state index in [2.05, 4.69) is 10.3 Å². The first kappa shape index (κ1) is 21.5. The Morgan fingerprint density at radius 2 is 1.81 bits per heavy atom. The molecule has 0 fully saturated rings. The van der Waals surface area contributed by atoms with Gasteiger partial charge in [0.15, 0.2) is 6.04 Å². The van der Waals surface area contributed by atoms with Crippen LogP contribution < -0.4 is 10.9 Å². The number of nitrogens with one attached hydrogen (secondary N) is 1. The fourth-order valence-corrected chi connectivity index (χ4v) is 4.76. The van der Waals surface area contributed by atoms with Crippen LogP contribution in [0.15, 0.2) is 59.7 Å². The molecule has 0 aliphatic heterocycles. The van der Waals surface area contributed by atoms with Crippen molar-refractivity contribution >= 4 is 39.1 Å². The third kappa shape index (κ3) is 3.80. The number of aliphatic carboxylic acids is 1. The van der Waals surface area contributed by atoms with Gasteiger partial charge >= 0.3 is 5.97 Å². The molecule has 0 aliphatic rings. The van der Waals surface area contributed by atoms with Gasteiger partial charge in [-0.15, -0.1) is 11.3 Å². The second-order valence-corrected chi connectivity index (χ2v) is 8.62. The van der Waals surface area contributed by atoms with Crippen LogP contribution in [0.25, 0.3) is 10.2 Å². The van der Waals surface area contributed by atoms with Crippen molar-refractivity contribution in [3.05, 3.63) is 92.3 Å². The lowest BCUT2D eigenvalue weighted by molar-refractivity contribution is -0.139. The number of aryl methyl sites for hydroxylation is 3. The second-order valence-electron chi connectivity index (χ2n) is 7.62. The van der Waals surface area contributed by atoms with Gasteiger partial charge in [-0.1, -0.05) is 48.0 Å². The van der Waals surface area contributed by atoms with Gasteiger partial charge in [0, 0.05) is 5.69 Å². The number of rotatable bonds is 5. The highest BCUT2D eigenvalue weighted by molar-refractivity contribution is 7.20. The first-order valence-electron chi connectivity index (χ1n) is 9.94. The third-order valence-corrected chi connectivity index (χ3v) is 6.54. The normalized spacial score (nSPS) is 12.0. The molecule has 0 radical (unpaired) electrons. The second kappa shape index (κ2) is 8.39. The zero-order valence-corrected chi connectivity index (χ0v) is 18.6. The van der Waals surface area contributed by atoms with Gasteiger partial charge in [0.05, 0.1) is 10.3 Å². The molecule has 4 rings (SSSR count). The molecule has 4 aromatic rings. The quantitative estimate of drug-likeness (QED) is 0.475. The van der Waals surface area contributed by atoms with E-state index in [1.807, 2.05) is 32.0 Å². The van der Waals surface area contributed by atoms with E-state index < -0.39 is 17.6 Å². The summed E-state index contributed by atoms with van der Waals surface area (Å²) in [6.07, 6.45) is 1.23. The first-order valence-corrected chi connectivity index (χ1v) is 10.8. The van der Waals surface area contributed by atoms with Gasteiger partial charge in [-0.2, -0.15) is 0 Å². The summed E-state index contributed by atoms with van der Waals surface area (Å²) in [6, 6.07) is 13.0. The molecule has 0 saturated heterocycles. The smallest absolute Gasteiger partial charge is 0.331 e. The molecular weight excluding hydrogens is 426 g/mol. The summed E-state index contributed by atoms with van der Waals surface area (Å²) in [4.78, 5) is 43.3. The van der Waals surface area contributed by atoms with Gasteiger partial charge in [0.2, 0.25) is 0 Å². The van der Waals surface area contributed by atoms with Gasteiger partial charge in [-0.05, 0) is 43.5 Å². The monoisotopic (exact) mass is 447 g/mol. The molecule has 0 bridgehead atoms. The standard InChI is InChI=1S/C24H21N3O4S/c1-13-9-10-17(14(2)11-13)26-21(28)20-15(3)18-22(32-20)25-12-27(23(18)29)19(24(30)31)16-7-5-4-6-8-16/h4-12,19H,1-3H3,(H,26,28)(H,30,31). The lowest BCUT2D eigenvalue weighted by Crippen LogP contribution is -2.30. The summed E-state index contributed by atoms with van der Waals surface area (Å²) >= 11 is 1.12. The summed E-state index contributed by atoms with van der Waals surface area (Å²) in [5, 5.41) is 13.0. The average molecular weight is 448 g/mol. The molecule has 7 nitrogen and oxygen atoms in total. The molecule has 0 aliphatic carbocycles. The zero-order chi connectivity index (χ0) is 23.0. The van der Waals surface area contributed by atoms with Crippen LogP contribution in [-0.2, 0) is 4.79 Å². The largest absolute Gasteiger partial charge is 0.479 e. The van der Waals surface area contributed by atoms with Crippen LogP contribution in [0.4, 0.5) is 5.69 Å². The van der Waals surface area contributed by atoms with E-state index >= 15 is 0 Å². The predicted octanol–water partition coefficient (Wildman–Crippen LogP) is 4.31. The van der Waals surface area contributed by atoms with E-state index in [1.54, 1.807) is 37.3 Å². The molecule has 2 N–H and O–H groups in total. The van der Waals surface area contributed by atoms with Crippen LogP contribution >= 0.6 is 11.3 Å². The lowest BCUT2D eigenvalue weighted by Gasteiger charge is -2.15. The van der Waals surface area contributed by atoms with E-state index in [-0.39, 0.29) is 11.3 Å². The van der Waals surface area contributed by atoms with Crippen molar-refractivity contribution in [2.24, 2.45) is 0 Å². The highest BCUT2D eigenvalue weighted by Gasteiger charge is 2.26. The Hall–Kier alpha value is -3.78. The Morgan fingerprint density at radius 3 is 2.47 bits per heavy atom. The minimum atomic E-state index is -1.22. The van der Waals surface area contributed by atoms with Crippen LogP contribution in [0.2, 0.25) is 0 Å². The Bertz CT molecular complexity index is 1410. The molecule has 0 spiro atoms. The van der Waals surface area contributed by atoms with Gasteiger partial charge in [0.25, 0.3) is 11.5 Å². The van der Waals surface area contributed by atoms with Crippen LogP contribution in [0.1, 0.15) is 38.0 Å². The van der Waals surface area contributed by atoms with Crippen molar-refractivity contribution in [1.82, 2.24) is 9.55 Å². The van der Waals surface area contributed by atoms with E-state index in [0.717, 1.165) is 27.0 Å². The summed E-state index contributed by atoms with van der Waals surface area (Å²) < 4.78 is 1.10. The molecule has 1 amide bonds. The Labute approximate surface area is 188 Å². The Kier molecular flexibility index (Phi) is 5.63. The molecule has 0 saturated carbocycles. The number of amides is 1. The number of nitrogens with zero attached hydrogens (tertiary/aromatic N) is 2. The first-order chi connectivity index (χ1) is 15.3. The van der Waals surface area contributed by atoms with Gasteiger partial charge in [-0.25, -0.2) is 9.78 Å². The van der Waals surface area contributed by atoms with Crippen molar-refractivity contribution < 1.29 is 14.7 Å². The molecule has 2 aromatic heterocycles. The topological polar surface area (TPSA) is 101 Å². The molecule has 2 aromatic carbocycles. The van der Waals surface area contributed by atoms with E-state index in [1.165, 1.54) is 6.33 Å². The highest BCUT2D eigenvalue weighted by Crippen LogP contribution is 2.29. The zero-order valence-electron chi connectivity index (χ0n) is 17.7. The number of thiophene rings is 1. The van der Waals surface area contributed by atoms with E-state index in [4.69, 9.17) is 0 Å². The number of carbonyl (C=O) groups is 2. The third-order valence-electron chi connectivity index (χ3n) is 5.34. The van der Waals surface area contributed by atoms with Crippen LogP contribution in [0.5, 0.6) is 0 Å². The van der Waals surface area contributed by atoms with Crippen molar-refractivity contribution in [1.29, 1.82) is 0 Å². The van der Waals surface area contributed by atoms with Gasteiger partial charge in [0.1, 0.15) is 11.2 Å². The average Bonchev–Trinajstić information content (AvgIpc) is 3.10. The fraction of sp³-hybridized carbons (Fsp3) is 0.167. The van der Waals surface area contributed by atoms with Crippen molar-refractivity contribution in [3.63, 3.8) is 0 Å². The molecule has 162 valence electrons. The maximum Gasteiger partial charge on any atom is 0.331 e. The summed E-state index contributed by atoms with van der Waals surface area (Å²) in [6.45, 7) is 5.57. The summed E-state index contributed by atoms with van der Waals surface area (Å²) in [7, 11) is 0. The van der Waals surface area contributed by atoms with Crippen molar-refractivity contribution in [2.45, 2.75) is 26.8 Å². The molecule has 32 heavy (non-hydrogen) atoms. The Morgan fingerprint density at radius 1 is 1.09 bits per heavy atom. The van der Waals surface area contributed by atoms with Crippen LogP contribution in [0.3, 0.4) is 0 Å². The molecule has 8 heteroatoms. The number of carboxylic acid groups (broad SMARTS) is 1. The lowest BCUT2D eigenvalue weighted by atomic mass is 10.1. The maximum atomic E-state index is 13.3. The minimum absolute atomic E-state index is 0.255. The SMILES string of the molecule is Cc1ccc(NC(=O)c2sc3ncn(C(C(=O)O)c4ccccc4)c(=O)c3c2C)c(C)c1. The summed E-state index contributed by atoms with van der Waals surface area (Å²) in [5.74, 6) is -1.50. The van der Waals surface area contributed by atoms with E-state index in [9.17, 15) is 19.5 Å². The minimum Gasteiger partial charge on any atom is -0.479 e. The number of hydrogen-bond donors (Lipinski definition) is 2. The number of carbonyl (C=O) groups excluding carboxylic acids is 1. The fourth-order valence-electron chi connectivity index (χ4n) is 3.73. The summed E-state index contributed by atoms with van der Waals surface area (Å²) in [5.41, 5.74) is 3.17. The molecule has 1 unspecified atom stereocenters. The van der Waals surface area contributed by atoms with Crippen molar-refractivity contribution in [3.8, 4) is 0 Å². The Balaban J connectivity index is 1.78. The molecular formula is C24H21N3O4S. The number of anilines is 1.